The summed E-state index contributed by atoms with van der Waals surface area (Å²) in [6.07, 6.45) is 3.22. The van der Waals surface area contributed by atoms with E-state index in [-0.39, 0.29) is 29.3 Å². The topological polar surface area (TPSA) is 73.0 Å². The molecule has 0 atom stereocenters. The van der Waals surface area contributed by atoms with Crippen LogP contribution in [0.1, 0.15) is 52.9 Å². The fourth-order valence-electron chi connectivity index (χ4n) is 4.25. The number of carbonyl (C=O) groups excluding carboxylic acids is 3. The third-order valence-corrected chi connectivity index (χ3v) is 5.90. The van der Waals surface area contributed by atoms with Gasteiger partial charge in [-0.2, -0.15) is 0 Å². The molecular weight excluding hydrogens is 332 g/mol. The summed E-state index contributed by atoms with van der Waals surface area (Å²) >= 11 is 0. The molecule has 3 saturated heterocycles. The standard InChI is InChI=1S/C19H32N4O3/c1-18(2,3)13-15(24)22-9-5-14(6-10-22)23-16(25)19(20-17(23)26)7-11-21(4)12-8-19/h14H,5-13H2,1-4H3,(H,20,26). The number of carbonyl (C=O) groups is 3. The van der Waals surface area contributed by atoms with Gasteiger partial charge < -0.3 is 15.1 Å². The molecule has 3 aliphatic heterocycles. The summed E-state index contributed by atoms with van der Waals surface area (Å²) in [5.74, 6) is 0.106. The largest absolute Gasteiger partial charge is 0.343 e. The highest BCUT2D eigenvalue weighted by molar-refractivity contribution is 6.07. The van der Waals surface area contributed by atoms with Crippen molar-refractivity contribution in [2.45, 2.75) is 64.5 Å². The van der Waals surface area contributed by atoms with Crippen molar-refractivity contribution in [3.8, 4) is 0 Å². The molecule has 0 aromatic rings. The summed E-state index contributed by atoms with van der Waals surface area (Å²) in [5, 5.41) is 2.98. The molecule has 0 bridgehead atoms. The van der Waals surface area contributed by atoms with Crippen molar-refractivity contribution >= 4 is 17.8 Å². The Labute approximate surface area is 156 Å². The first-order valence-corrected chi connectivity index (χ1v) is 9.73. The Morgan fingerprint density at radius 1 is 1.12 bits per heavy atom. The van der Waals surface area contributed by atoms with Crippen molar-refractivity contribution in [3.63, 3.8) is 0 Å². The molecule has 3 heterocycles. The average molecular weight is 364 g/mol. The van der Waals surface area contributed by atoms with Crippen molar-refractivity contribution in [1.82, 2.24) is 20.0 Å². The van der Waals surface area contributed by atoms with E-state index in [9.17, 15) is 14.4 Å². The van der Waals surface area contributed by atoms with E-state index in [4.69, 9.17) is 0 Å². The molecule has 7 heteroatoms. The van der Waals surface area contributed by atoms with Gasteiger partial charge in [-0.05, 0) is 38.1 Å². The maximum Gasteiger partial charge on any atom is 0.325 e. The SMILES string of the molecule is CN1CCC2(CC1)NC(=O)N(C1CCN(C(=O)CC(C)(C)C)CC1)C2=O. The Hall–Kier alpha value is -1.63. The third-order valence-electron chi connectivity index (χ3n) is 5.90. The Kier molecular flexibility index (Phi) is 5.03. The lowest BCUT2D eigenvalue weighted by Crippen LogP contribution is -2.55. The summed E-state index contributed by atoms with van der Waals surface area (Å²) in [4.78, 5) is 43.5. The molecule has 3 rings (SSSR count). The second-order valence-electron chi connectivity index (χ2n) is 9.34. The number of nitrogens with zero attached hydrogens (tertiary/aromatic N) is 3. The second-order valence-corrected chi connectivity index (χ2v) is 9.34. The maximum absolute atomic E-state index is 13.0. The lowest BCUT2D eigenvalue weighted by molar-refractivity contribution is -0.137. The van der Waals surface area contributed by atoms with Gasteiger partial charge >= 0.3 is 6.03 Å². The summed E-state index contributed by atoms with van der Waals surface area (Å²) in [5.41, 5.74) is -0.734. The van der Waals surface area contributed by atoms with E-state index in [1.165, 1.54) is 4.90 Å². The molecule has 0 aromatic carbocycles. The van der Waals surface area contributed by atoms with E-state index in [1.54, 1.807) is 0 Å². The quantitative estimate of drug-likeness (QED) is 0.753. The number of nitrogens with one attached hydrogen (secondary N) is 1. The van der Waals surface area contributed by atoms with Crippen LogP contribution in [0.4, 0.5) is 4.79 Å². The minimum atomic E-state index is -0.706. The zero-order valence-electron chi connectivity index (χ0n) is 16.5. The van der Waals surface area contributed by atoms with Crippen molar-refractivity contribution in [3.05, 3.63) is 0 Å². The molecule has 146 valence electrons. The van der Waals surface area contributed by atoms with Crippen LogP contribution in [0, 0.1) is 5.41 Å². The number of urea groups is 1. The van der Waals surface area contributed by atoms with Crippen LogP contribution >= 0.6 is 0 Å². The lowest BCUT2D eigenvalue weighted by Gasteiger charge is -2.38. The summed E-state index contributed by atoms with van der Waals surface area (Å²) < 4.78 is 0. The molecule has 1 spiro atoms. The zero-order chi connectivity index (χ0) is 19.1. The van der Waals surface area contributed by atoms with Crippen LogP contribution in [0.15, 0.2) is 0 Å². The third kappa shape index (κ3) is 3.72. The highest BCUT2D eigenvalue weighted by Gasteiger charge is 2.54. The van der Waals surface area contributed by atoms with Gasteiger partial charge in [0, 0.05) is 38.6 Å². The van der Waals surface area contributed by atoms with Crippen LogP contribution in [-0.4, -0.2) is 77.4 Å². The number of hydrogen-bond acceptors (Lipinski definition) is 4. The zero-order valence-corrected chi connectivity index (χ0v) is 16.5. The summed E-state index contributed by atoms with van der Waals surface area (Å²) in [6, 6.07) is -0.348. The van der Waals surface area contributed by atoms with Crippen LogP contribution in [0.3, 0.4) is 0 Å². The normalized spacial score (nSPS) is 25.1. The molecule has 0 aromatic heterocycles. The van der Waals surface area contributed by atoms with Gasteiger partial charge in [-0.1, -0.05) is 20.8 Å². The molecular formula is C19H32N4O3. The van der Waals surface area contributed by atoms with Gasteiger partial charge in [-0.3, -0.25) is 14.5 Å². The maximum atomic E-state index is 13.0. The van der Waals surface area contributed by atoms with E-state index < -0.39 is 5.54 Å². The van der Waals surface area contributed by atoms with E-state index in [1.807, 2.05) is 11.9 Å². The fraction of sp³-hybridized carbons (Fsp3) is 0.842. The van der Waals surface area contributed by atoms with Gasteiger partial charge in [0.1, 0.15) is 5.54 Å². The number of imide groups is 1. The molecule has 0 saturated carbocycles. The van der Waals surface area contributed by atoms with Crippen LogP contribution in [0.2, 0.25) is 0 Å². The first-order valence-electron chi connectivity index (χ1n) is 9.73. The number of piperidine rings is 2. The van der Waals surface area contributed by atoms with Crippen molar-refractivity contribution < 1.29 is 14.4 Å². The van der Waals surface area contributed by atoms with Gasteiger partial charge in [-0.25, -0.2) is 4.79 Å². The average Bonchev–Trinajstić information content (AvgIpc) is 2.79. The minimum absolute atomic E-state index is 0.0285. The number of likely N-dealkylation sites (tertiary alicyclic amines) is 2. The van der Waals surface area contributed by atoms with E-state index in [0.717, 1.165) is 13.1 Å². The van der Waals surface area contributed by atoms with Gasteiger partial charge in [0.25, 0.3) is 5.91 Å². The Balaban J connectivity index is 1.60. The molecule has 3 fully saturated rings. The predicted octanol–water partition coefficient (Wildman–Crippen LogP) is 1.43. The molecule has 1 N–H and O–H groups in total. The summed E-state index contributed by atoms with van der Waals surface area (Å²) in [7, 11) is 2.04. The molecule has 26 heavy (non-hydrogen) atoms. The first-order chi connectivity index (χ1) is 12.1. The van der Waals surface area contributed by atoms with Gasteiger partial charge in [0.2, 0.25) is 5.91 Å². The van der Waals surface area contributed by atoms with Gasteiger partial charge in [0.05, 0.1) is 0 Å². The number of hydrogen-bond donors (Lipinski definition) is 1. The Bertz CT molecular complexity index is 582. The van der Waals surface area contributed by atoms with Crippen molar-refractivity contribution in [1.29, 1.82) is 0 Å². The first kappa shape index (κ1) is 19.1. The molecule has 7 nitrogen and oxygen atoms in total. The van der Waals surface area contributed by atoms with Crippen LogP contribution < -0.4 is 5.32 Å². The smallest absolute Gasteiger partial charge is 0.325 e. The number of amides is 4. The molecule has 0 radical (unpaired) electrons. The van der Waals surface area contributed by atoms with Gasteiger partial charge in [0.15, 0.2) is 0 Å². The second kappa shape index (κ2) is 6.83. The highest BCUT2D eigenvalue weighted by Crippen LogP contribution is 2.32. The molecule has 0 unspecified atom stereocenters. The van der Waals surface area contributed by atoms with Crippen LogP contribution in [0.5, 0.6) is 0 Å². The Morgan fingerprint density at radius 3 is 2.23 bits per heavy atom. The lowest BCUT2D eigenvalue weighted by atomic mass is 9.87. The predicted molar refractivity (Wildman–Crippen MR) is 98.5 cm³/mol. The van der Waals surface area contributed by atoms with Gasteiger partial charge in [-0.15, -0.1) is 0 Å². The minimum Gasteiger partial charge on any atom is -0.343 e. The summed E-state index contributed by atoms with van der Waals surface area (Å²) in [6.45, 7) is 9.06. The van der Waals surface area contributed by atoms with Crippen LogP contribution in [-0.2, 0) is 9.59 Å². The molecule has 0 aliphatic carbocycles. The van der Waals surface area contributed by atoms with E-state index in [0.29, 0.717) is 45.2 Å². The van der Waals surface area contributed by atoms with Crippen molar-refractivity contribution in [2.75, 3.05) is 33.2 Å². The van der Waals surface area contributed by atoms with Crippen LogP contribution in [0.25, 0.3) is 0 Å². The molecule has 4 amide bonds. The van der Waals surface area contributed by atoms with E-state index >= 15 is 0 Å². The fourth-order valence-corrected chi connectivity index (χ4v) is 4.25. The highest BCUT2D eigenvalue weighted by atomic mass is 16.2. The Morgan fingerprint density at radius 2 is 1.69 bits per heavy atom. The monoisotopic (exact) mass is 364 g/mol. The van der Waals surface area contributed by atoms with Crippen molar-refractivity contribution in [2.24, 2.45) is 5.41 Å². The van der Waals surface area contributed by atoms with E-state index in [2.05, 4.69) is 31.0 Å². The number of rotatable bonds is 2. The molecule has 3 aliphatic rings.